The quantitative estimate of drug-likeness (QED) is 0.326. The Hall–Kier alpha value is -3.02. The van der Waals surface area contributed by atoms with E-state index >= 15 is 0 Å². The molecule has 0 aromatic heterocycles. The van der Waals surface area contributed by atoms with Crippen LogP contribution < -0.4 is 20.6 Å². The van der Waals surface area contributed by atoms with Crippen molar-refractivity contribution in [2.24, 2.45) is 10.8 Å². The van der Waals surface area contributed by atoms with Gasteiger partial charge >= 0.3 is 6.03 Å². The fourth-order valence-corrected chi connectivity index (χ4v) is 2.65. The van der Waals surface area contributed by atoms with Crippen LogP contribution >= 0.6 is 0 Å². The normalized spacial score (nSPS) is 10.8. The van der Waals surface area contributed by atoms with Crippen LogP contribution in [0.25, 0.3) is 0 Å². The molecule has 0 saturated heterocycles. The van der Waals surface area contributed by atoms with Crippen molar-refractivity contribution in [3.05, 3.63) is 59.7 Å². The fraction of sp³-hybridized carbons (Fsp3) is 0.364. The smallest absolute Gasteiger partial charge is 0.332 e. The molecule has 28 heavy (non-hydrogen) atoms. The van der Waals surface area contributed by atoms with Crippen molar-refractivity contribution >= 4 is 12.2 Å². The number of hydrazone groups is 1. The lowest BCUT2D eigenvalue weighted by Crippen LogP contribution is -2.24. The van der Waals surface area contributed by atoms with Crippen LogP contribution in [0.1, 0.15) is 43.7 Å². The number of unbranched alkanes of at least 4 members (excludes halogenated alkanes) is 3. The highest BCUT2D eigenvalue weighted by Crippen LogP contribution is 2.15. The predicted molar refractivity (Wildman–Crippen MR) is 112 cm³/mol. The summed E-state index contributed by atoms with van der Waals surface area (Å²) in [6.07, 6.45) is 7.75. The number of hydrogen-bond donors (Lipinski definition) is 2. The topological polar surface area (TPSA) is 85.9 Å². The van der Waals surface area contributed by atoms with E-state index in [2.05, 4.69) is 29.6 Å². The Labute approximate surface area is 166 Å². The predicted octanol–water partition coefficient (Wildman–Crippen LogP) is 4.27. The first-order valence-electron chi connectivity index (χ1n) is 9.70. The summed E-state index contributed by atoms with van der Waals surface area (Å²) >= 11 is 0. The van der Waals surface area contributed by atoms with E-state index in [0.717, 1.165) is 23.5 Å². The summed E-state index contributed by atoms with van der Waals surface area (Å²) in [5.74, 6) is 1.60. The van der Waals surface area contributed by atoms with Gasteiger partial charge in [-0.2, -0.15) is 5.10 Å². The molecular formula is C22H29N3O3. The zero-order chi connectivity index (χ0) is 20.0. The van der Waals surface area contributed by atoms with Gasteiger partial charge < -0.3 is 15.2 Å². The summed E-state index contributed by atoms with van der Waals surface area (Å²) in [6, 6.07) is 14.9. The number of nitrogens with one attached hydrogen (secondary N) is 1. The number of ether oxygens (including phenoxy) is 2. The molecule has 150 valence electrons. The zero-order valence-electron chi connectivity index (χ0n) is 16.4. The number of benzene rings is 2. The molecule has 0 bridgehead atoms. The Kier molecular flexibility index (Phi) is 9.41. The lowest BCUT2D eigenvalue weighted by Gasteiger charge is -2.09. The fourth-order valence-electron chi connectivity index (χ4n) is 2.65. The lowest BCUT2D eigenvalue weighted by molar-refractivity contribution is 0.217. The maximum absolute atomic E-state index is 10.5. The minimum Gasteiger partial charge on any atom is -0.490 e. The van der Waals surface area contributed by atoms with E-state index in [4.69, 9.17) is 15.2 Å². The van der Waals surface area contributed by atoms with Crippen LogP contribution in [0.4, 0.5) is 4.79 Å². The van der Waals surface area contributed by atoms with Crippen LogP contribution in [0.3, 0.4) is 0 Å². The molecule has 0 fully saturated rings. The number of nitrogens with zero attached hydrogens (tertiary/aromatic N) is 1. The van der Waals surface area contributed by atoms with Crippen molar-refractivity contribution in [2.75, 3.05) is 13.2 Å². The van der Waals surface area contributed by atoms with Crippen molar-refractivity contribution in [3.8, 4) is 11.5 Å². The molecule has 2 aromatic rings. The van der Waals surface area contributed by atoms with Gasteiger partial charge in [-0.1, -0.05) is 38.3 Å². The Morgan fingerprint density at radius 3 is 2.14 bits per heavy atom. The van der Waals surface area contributed by atoms with E-state index < -0.39 is 6.03 Å². The monoisotopic (exact) mass is 383 g/mol. The van der Waals surface area contributed by atoms with Crippen LogP contribution in [-0.4, -0.2) is 25.5 Å². The molecule has 3 N–H and O–H groups in total. The number of amides is 2. The second-order valence-electron chi connectivity index (χ2n) is 6.45. The van der Waals surface area contributed by atoms with Crippen LogP contribution in [0.15, 0.2) is 53.6 Å². The van der Waals surface area contributed by atoms with Gasteiger partial charge in [0.15, 0.2) is 0 Å². The Balaban J connectivity index is 1.65. The van der Waals surface area contributed by atoms with Crippen LogP contribution in [0, 0.1) is 0 Å². The number of primary amides is 1. The van der Waals surface area contributed by atoms with E-state index in [0.29, 0.717) is 13.2 Å². The third-order valence-corrected chi connectivity index (χ3v) is 4.13. The lowest BCUT2D eigenvalue weighted by atomic mass is 10.1. The summed E-state index contributed by atoms with van der Waals surface area (Å²) in [4.78, 5) is 10.5. The molecule has 0 aliphatic rings. The molecule has 2 rings (SSSR count). The van der Waals surface area contributed by atoms with Gasteiger partial charge in [-0.25, -0.2) is 10.2 Å². The highest BCUT2D eigenvalue weighted by Gasteiger charge is 1.98. The highest BCUT2D eigenvalue weighted by atomic mass is 16.5. The molecule has 0 aliphatic heterocycles. The Morgan fingerprint density at radius 2 is 1.57 bits per heavy atom. The summed E-state index contributed by atoms with van der Waals surface area (Å²) < 4.78 is 11.4. The molecular weight excluding hydrogens is 354 g/mol. The molecule has 0 atom stereocenters. The maximum atomic E-state index is 10.5. The van der Waals surface area contributed by atoms with Gasteiger partial charge in [-0.15, -0.1) is 0 Å². The van der Waals surface area contributed by atoms with E-state index in [1.54, 1.807) is 0 Å². The number of nitrogens with two attached hydrogens (primary N) is 1. The number of urea groups is 1. The van der Waals surface area contributed by atoms with Gasteiger partial charge in [0.05, 0.1) is 6.21 Å². The number of aryl methyl sites for hydroxylation is 1. The Bertz CT molecular complexity index is 728. The van der Waals surface area contributed by atoms with Gasteiger partial charge in [-0.3, -0.25) is 0 Å². The third kappa shape index (κ3) is 8.58. The summed E-state index contributed by atoms with van der Waals surface area (Å²) in [5.41, 5.74) is 9.26. The molecule has 6 nitrogen and oxygen atoms in total. The summed E-state index contributed by atoms with van der Waals surface area (Å²) in [6.45, 7) is 3.16. The molecule has 2 amide bonds. The number of rotatable bonds is 12. The van der Waals surface area contributed by atoms with Gasteiger partial charge in [0.25, 0.3) is 0 Å². The molecule has 2 aromatic carbocycles. The van der Waals surface area contributed by atoms with Gasteiger partial charge in [0.1, 0.15) is 24.7 Å². The average Bonchev–Trinajstić information content (AvgIpc) is 2.70. The summed E-state index contributed by atoms with van der Waals surface area (Å²) in [5, 5.41) is 3.70. The first-order valence-corrected chi connectivity index (χ1v) is 9.70. The first kappa shape index (κ1) is 21.3. The third-order valence-electron chi connectivity index (χ3n) is 4.13. The SMILES string of the molecule is CCCCCCc1ccc(OCCOc2ccc(/C=N/NC(N)=O)cc2)cc1. The van der Waals surface area contributed by atoms with E-state index in [1.807, 2.05) is 36.4 Å². The maximum Gasteiger partial charge on any atom is 0.332 e. The molecule has 0 spiro atoms. The number of carbonyl (C=O) groups is 1. The van der Waals surface area contributed by atoms with Crippen LogP contribution in [0.2, 0.25) is 0 Å². The van der Waals surface area contributed by atoms with Crippen molar-refractivity contribution in [2.45, 2.75) is 39.0 Å². The van der Waals surface area contributed by atoms with Crippen LogP contribution in [0.5, 0.6) is 11.5 Å². The molecule has 6 heteroatoms. The van der Waals surface area contributed by atoms with E-state index in [-0.39, 0.29) is 0 Å². The van der Waals surface area contributed by atoms with E-state index in [9.17, 15) is 4.79 Å². The number of hydrogen-bond acceptors (Lipinski definition) is 4. The van der Waals surface area contributed by atoms with Gasteiger partial charge in [0, 0.05) is 0 Å². The Morgan fingerprint density at radius 1 is 0.964 bits per heavy atom. The molecule has 0 unspecified atom stereocenters. The van der Waals surface area contributed by atoms with Crippen molar-refractivity contribution in [1.82, 2.24) is 5.43 Å². The molecule has 0 radical (unpaired) electrons. The van der Waals surface area contributed by atoms with Gasteiger partial charge in [0.2, 0.25) is 0 Å². The molecule has 0 aliphatic carbocycles. The zero-order valence-corrected chi connectivity index (χ0v) is 16.4. The van der Waals surface area contributed by atoms with Crippen LogP contribution in [-0.2, 0) is 6.42 Å². The summed E-state index contributed by atoms with van der Waals surface area (Å²) in [7, 11) is 0. The molecule has 0 saturated carbocycles. The second-order valence-corrected chi connectivity index (χ2v) is 6.45. The first-order chi connectivity index (χ1) is 13.7. The van der Waals surface area contributed by atoms with Crippen molar-refractivity contribution < 1.29 is 14.3 Å². The minimum atomic E-state index is -0.696. The van der Waals surface area contributed by atoms with Crippen molar-refractivity contribution in [3.63, 3.8) is 0 Å². The average molecular weight is 383 g/mol. The largest absolute Gasteiger partial charge is 0.490 e. The standard InChI is InChI=1S/C22H29N3O3/c1-2-3-4-5-6-18-7-11-20(12-8-18)27-15-16-28-21-13-9-19(10-14-21)17-24-25-22(23)26/h7-14,17H,2-6,15-16H2,1H3,(H3,23,25,26)/b24-17+. The minimum absolute atomic E-state index is 0.454. The number of carbonyl (C=O) groups excluding carboxylic acids is 1. The van der Waals surface area contributed by atoms with Gasteiger partial charge in [-0.05, 0) is 60.4 Å². The van der Waals surface area contributed by atoms with E-state index in [1.165, 1.54) is 37.5 Å². The second kappa shape index (κ2) is 12.4. The highest BCUT2D eigenvalue weighted by molar-refractivity contribution is 5.81. The van der Waals surface area contributed by atoms with Crippen molar-refractivity contribution in [1.29, 1.82) is 0 Å². The molecule has 0 heterocycles.